The molecule has 7 heteroatoms. The van der Waals surface area contributed by atoms with Crippen molar-refractivity contribution >= 4 is 28.6 Å². The van der Waals surface area contributed by atoms with Crippen LogP contribution in [0.5, 0.6) is 0 Å². The summed E-state index contributed by atoms with van der Waals surface area (Å²) in [5.74, 6) is -0.158. The van der Waals surface area contributed by atoms with Gasteiger partial charge in [-0.15, -0.1) is 11.3 Å². The minimum Gasteiger partial charge on any atom is -0.377 e. The van der Waals surface area contributed by atoms with Crippen LogP contribution in [0.25, 0.3) is 0 Å². The van der Waals surface area contributed by atoms with Gasteiger partial charge in [0, 0.05) is 49.9 Å². The lowest BCUT2D eigenvalue weighted by molar-refractivity contribution is -0.384. The molecule has 0 fully saturated rings. The molecule has 1 amide bonds. The molecule has 0 unspecified atom stereocenters. The number of carbonyl (C=O) groups excluding carboxylic acids is 1. The van der Waals surface area contributed by atoms with E-state index in [0.29, 0.717) is 24.3 Å². The van der Waals surface area contributed by atoms with E-state index in [2.05, 4.69) is 0 Å². The van der Waals surface area contributed by atoms with E-state index >= 15 is 0 Å². The lowest BCUT2D eigenvalue weighted by Crippen LogP contribution is -2.36. The van der Waals surface area contributed by atoms with Crippen molar-refractivity contribution in [1.29, 1.82) is 0 Å². The predicted molar refractivity (Wildman–Crippen MR) is 90.2 cm³/mol. The van der Waals surface area contributed by atoms with Crippen LogP contribution in [0.15, 0.2) is 29.6 Å². The van der Waals surface area contributed by atoms with Gasteiger partial charge >= 0.3 is 0 Å². The Morgan fingerprint density at radius 3 is 2.83 bits per heavy atom. The number of hydrogen-bond donors (Lipinski definition) is 0. The van der Waals surface area contributed by atoms with Crippen LogP contribution >= 0.6 is 11.3 Å². The standard InChI is InChI=1S/C16H17N3O3S/c1-17(2)14-4-3-12(19(21)22)9-13(14)16(20)18-7-5-15-11(10-18)6-8-23-15/h3-4,6,8-9H,5,7,10H2,1-2H3. The molecule has 0 saturated heterocycles. The van der Waals surface area contributed by atoms with E-state index < -0.39 is 4.92 Å². The fourth-order valence-corrected chi connectivity index (χ4v) is 3.68. The summed E-state index contributed by atoms with van der Waals surface area (Å²) in [5, 5.41) is 13.1. The van der Waals surface area contributed by atoms with E-state index in [4.69, 9.17) is 0 Å². The third-order valence-corrected chi connectivity index (χ3v) is 5.02. The van der Waals surface area contributed by atoms with Crippen LogP contribution in [0.4, 0.5) is 11.4 Å². The van der Waals surface area contributed by atoms with Gasteiger partial charge < -0.3 is 9.80 Å². The molecule has 1 aliphatic rings. The number of nitro groups is 1. The Balaban J connectivity index is 1.95. The smallest absolute Gasteiger partial charge is 0.270 e. The van der Waals surface area contributed by atoms with Gasteiger partial charge in [-0.2, -0.15) is 0 Å². The van der Waals surface area contributed by atoms with Crippen LogP contribution in [-0.4, -0.2) is 36.4 Å². The first-order valence-electron chi connectivity index (χ1n) is 7.27. The minimum atomic E-state index is -0.469. The number of nitro benzene ring substituents is 1. The molecule has 0 saturated carbocycles. The molecule has 23 heavy (non-hydrogen) atoms. The molecule has 120 valence electrons. The number of benzene rings is 1. The normalized spacial score (nSPS) is 13.6. The van der Waals surface area contributed by atoms with Crippen molar-refractivity contribution in [1.82, 2.24) is 4.90 Å². The van der Waals surface area contributed by atoms with Crippen LogP contribution in [0.2, 0.25) is 0 Å². The molecule has 2 aromatic rings. The van der Waals surface area contributed by atoms with Crippen LogP contribution < -0.4 is 4.90 Å². The fraction of sp³-hybridized carbons (Fsp3) is 0.312. The Morgan fingerprint density at radius 1 is 1.35 bits per heavy atom. The van der Waals surface area contributed by atoms with E-state index in [1.54, 1.807) is 27.2 Å². The van der Waals surface area contributed by atoms with Gasteiger partial charge in [0.1, 0.15) is 0 Å². The lowest BCUT2D eigenvalue weighted by atomic mass is 10.1. The highest BCUT2D eigenvalue weighted by Gasteiger charge is 2.26. The molecule has 6 nitrogen and oxygen atoms in total. The zero-order chi connectivity index (χ0) is 16.6. The molecule has 3 rings (SSSR count). The highest BCUT2D eigenvalue weighted by atomic mass is 32.1. The number of hydrogen-bond acceptors (Lipinski definition) is 5. The highest BCUT2D eigenvalue weighted by Crippen LogP contribution is 2.29. The molecular weight excluding hydrogens is 314 g/mol. The van der Waals surface area contributed by atoms with Gasteiger partial charge in [-0.3, -0.25) is 14.9 Å². The number of nitrogens with zero attached hydrogens (tertiary/aromatic N) is 3. The largest absolute Gasteiger partial charge is 0.377 e. The summed E-state index contributed by atoms with van der Waals surface area (Å²) in [4.78, 5) is 28.4. The Hall–Kier alpha value is -2.41. The summed E-state index contributed by atoms with van der Waals surface area (Å²) in [5.41, 5.74) is 2.18. The molecule has 1 aromatic carbocycles. The summed E-state index contributed by atoms with van der Waals surface area (Å²) < 4.78 is 0. The number of fused-ring (bicyclic) bond motifs is 1. The third kappa shape index (κ3) is 2.92. The summed E-state index contributed by atoms with van der Waals surface area (Å²) in [6.45, 7) is 1.20. The molecular formula is C16H17N3O3S. The number of amides is 1. The van der Waals surface area contributed by atoms with E-state index in [1.807, 2.05) is 25.5 Å². The molecule has 1 aromatic heterocycles. The van der Waals surface area contributed by atoms with Gasteiger partial charge in [-0.25, -0.2) is 0 Å². The van der Waals surface area contributed by atoms with Crippen molar-refractivity contribution in [3.05, 3.63) is 55.8 Å². The molecule has 0 radical (unpaired) electrons. The topological polar surface area (TPSA) is 66.7 Å². The number of thiophene rings is 1. The van der Waals surface area contributed by atoms with Crippen LogP contribution in [0.3, 0.4) is 0 Å². The van der Waals surface area contributed by atoms with Crippen molar-refractivity contribution in [3.8, 4) is 0 Å². The SMILES string of the molecule is CN(C)c1ccc([N+](=O)[O-])cc1C(=O)N1CCc2sccc2C1. The number of rotatable bonds is 3. The Kier molecular flexibility index (Phi) is 4.04. The van der Waals surface area contributed by atoms with Crippen LogP contribution in [-0.2, 0) is 13.0 Å². The summed E-state index contributed by atoms with van der Waals surface area (Å²) in [6.07, 6.45) is 0.838. The molecule has 0 bridgehead atoms. The second kappa shape index (κ2) is 6.00. The molecule has 0 atom stereocenters. The molecule has 0 aliphatic carbocycles. The molecule has 0 N–H and O–H groups in total. The zero-order valence-corrected chi connectivity index (χ0v) is 13.8. The van der Waals surface area contributed by atoms with E-state index in [9.17, 15) is 14.9 Å². The van der Waals surface area contributed by atoms with Crippen molar-refractivity contribution in [2.24, 2.45) is 0 Å². The third-order valence-electron chi connectivity index (χ3n) is 4.00. The van der Waals surface area contributed by atoms with E-state index in [0.717, 1.165) is 6.42 Å². The van der Waals surface area contributed by atoms with Crippen molar-refractivity contribution in [2.45, 2.75) is 13.0 Å². The maximum Gasteiger partial charge on any atom is 0.270 e. The molecule has 0 spiro atoms. The first-order chi connectivity index (χ1) is 11.0. The predicted octanol–water partition coefficient (Wildman–Crippen LogP) is 2.92. The number of non-ortho nitro benzene ring substituents is 1. The van der Waals surface area contributed by atoms with Crippen molar-refractivity contribution in [3.63, 3.8) is 0 Å². The zero-order valence-electron chi connectivity index (χ0n) is 13.0. The summed E-state index contributed by atoms with van der Waals surface area (Å²) in [7, 11) is 3.65. The number of carbonyl (C=O) groups is 1. The maximum atomic E-state index is 12.9. The quantitative estimate of drug-likeness (QED) is 0.641. The lowest BCUT2D eigenvalue weighted by Gasteiger charge is -2.28. The average Bonchev–Trinajstić information content (AvgIpc) is 3.00. The second-order valence-corrected chi connectivity index (χ2v) is 6.70. The van der Waals surface area contributed by atoms with Gasteiger partial charge in [0.2, 0.25) is 0 Å². The van der Waals surface area contributed by atoms with E-state index in [-0.39, 0.29) is 11.6 Å². The second-order valence-electron chi connectivity index (χ2n) is 5.70. The Bertz CT molecular complexity index is 770. The van der Waals surface area contributed by atoms with Gasteiger partial charge in [-0.1, -0.05) is 0 Å². The number of anilines is 1. The van der Waals surface area contributed by atoms with Crippen molar-refractivity contribution < 1.29 is 9.72 Å². The average molecular weight is 331 g/mol. The van der Waals surface area contributed by atoms with Gasteiger partial charge in [0.25, 0.3) is 11.6 Å². The molecule has 2 heterocycles. The van der Waals surface area contributed by atoms with Gasteiger partial charge in [0.15, 0.2) is 0 Å². The first-order valence-corrected chi connectivity index (χ1v) is 8.15. The van der Waals surface area contributed by atoms with E-state index in [1.165, 1.54) is 22.6 Å². The minimum absolute atomic E-state index is 0.0628. The Labute approximate surface area is 138 Å². The molecule has 1 aliphatic heterocycles. The maximum absolute atomic E-state index is 12.9. The van der Waals surface area contributed by atoms with Crippen LogP contribution in [0, 0.1) is 10.1 Å². The highest BCUT2D eigenvalue weighted by molar-refractivity contribution is 7.10. The first kappa shape index (κ1) is 15.5. The van der Waals surface area contributed by atoms with Crippen molar-refractivity contribution in [2.75, 3.05) is 25.5 Å². The Morgan fingerprint density at radius 2 is 2.13 bits per heavy atom. The van der Waals surface area contributed by atoms with Crippen LogP contribution in [0.1, 0.15) is 20.8 Å². The van der Waals surface area contributed by atoms with Gasteiger partial charge in [-0.05, 0) is 29.5 Å². The van der Waals surface area contributed by atoms with Gasteiger partial charge in [0.05, 0.1) is 10.5 Å². The summed E-state index contributed by atoms with van der Waals surface area (Å²) in [6, 6.07) is 6.48. The fourth-order valence-electron chi connectivity index (χ4n) is 2.79. The monoisotopic (exact) mass is 331 g/mol. The summed E-state index contributed by atoms with van der Waals surface area (Å²) >= 11 is 1.71.